The maximum absolute atomic E-state index is 11.7. The summed E-state index contributed by atoms with van der Waals surface area (Å²) < 4.78 is 5.02. The molecular weight excluding hydrogens is 206 g/mol. The normalized spacial score (nSPS) is 15.4. The van der Waals surface area contributed by atoms with E-state index in [9.17, 15) is 9.59 Å². The fourth-order valence-electron chi connectivity index (χ4n) is 1.54. The number of hydrogen-bond donors (Lipinski definition) is 0. The van der Waals surface area contributed by atoms with Crippen molar-refractivity contribution in [3.8, 4) is 5.75 Å². The average Bonchev–Trinajstić information content (AvgIpc) is 2.57. The molecule has 4 heteroatoms. The molecule has 2 rings (SSSR count). The lowest BCUT2D eigenvalue weighted by Crippen LogP contribution is -2.25. The molecule has 1 aromatic carbocycles. The lowest BCUT2D eigenvalue weighted by Gasteiger charge is -2.07. The highest BCUT2D eigenvalue weighted by atomic mass is 16.5. The fourth-order valence-corrected chi connectivity index (χ4v) is 1.54. The van der Waals surface area contributed by atoms with E-state index >= 15 is 0 Å². The number of nitrogens with zero attached hydrogens (tertiary/aromatic N) is 1. The summed E-state index contributed by atoms with van der Waals surface area (Å²) in [6.07, 6.45) is 1.35. The molecule has 82 valence electrons. The van der Waals surface area contributed by atoms with Gasteiger partial charge in [0.05, 0.1) is 12.7 Å². The first-order valence-corrected chi connectivity index (χ1v) is 4.81. The van der Waals surface area contributed by atoms with Crippen LogP contribution < -0.4 is 4.74 Å². The van der Waals surface area contributed by atoms with Crippen molar-refractivity contribution in [1.29, 1.82) is 0 Å². The molecule has 0 aromatic heterocycles. The van der Waals surface area contributed by atoms with Crippen LogP contribution in [-0.4, -0.2) is 30.9 Å². The molecular formula is C12H11NO3. The van der Waals surface area contributed by atoms with E-state index in [1.807, 2.05) is 0 Å². The van der Waals surface area contributed by atoms with Crippen LogP contribution in [0.5, 0.6) is 5.75 Å². The highest BCUT2D eigenvalue weighted by Gasteiger charge is 2.28. The zero-order valence-electron chi connectivity index (χ0n) is 9.06. The second kappa shape index (κ2) is 3.81. The van der Waals surface area contributed by atoms with Gasteiger partial charge in [0, 0.05) is 13.1 Å². The number of hydrogen-bond acceptors (Lipinski definition) is 3. The molecule has 0 N–H and O–H groups in total. The van der Waals surface area contributed by atoms with Gasteiger partial charge in [0.15, 0.2) is 0 Å². The summed E-state index contributed by atoms with van der Waals surface area (Å²) >= 11 is 0. The number of rotatable bonds is 2. The van der Waals surface area contributed by atoms with Crippen molar-refractivity contribution < 1.29 is 14.3 Å². The molecule has 0 saturated heterocycles. The second-order valence-electron chi connectivity index (χ2n) is 3.49. The molecule has 2 amide bonds. The van der Waals surface area contributed by atoms with Gasteiger partial charge in [-0.2, -0.15) is 0 Å². The van der Waals surface area contributed by atoms with Crippen molar-refractivity contribution in [2.24, 2.45) is 0 Å². The highest BCUT2D eigenvalue weighted by molar-refractivity contribution is 6.33. The first kappa shape index (κ1) is 10.4. The Morgan fingerprint density at radius 1 is 1.12 bits per heavy atom. The van der Waals surface area contributed by atoms with Crippen LogP contribution in [0.1, 0.15) is 5.56 Å². The minimum absolute atomic E-state index is 0.268. The van der Waals surface area contributed by atoms with Gasteiger partial charge in [-0.3, -0.25) is 14.5 Å². The number of imide groups is 1. The molecule has 1 aromatic rings. The van der Waals surface area contributed by atoms with Gasteiger partial charge in [0.2, 0.25) is 0 Å². The van der Waals surface area contributed by atoms with Crippen molar-refractivity contribution in [3.63, 3.8) is 0 Å². The van der Waals surface area contributed by atoms with Crippen LogP contribution in [-0.2, 0) is 9.59 Å². The van der Waals surface area contributed by atoms with Crippen LogP contribution in [0.4, 0.5) is 0 Å². The lowest BCUT2D eigenvalue weighted by molar-refractivity contribution is -0.134. The Balaban J connectivity index is 2.35. The van der Waals surface area contributed by atoms with Crippen molar-refractivity contribution in [1.82, 2.24) is 4.90 Å². The summed E-state index contributed by atoms with van der Waals surface area (Å²) in [5, 5.41) is 0. The van der Waals surface area contributed by atoms with E-state index in [1.165, 1.54) is 13.1 Å². The number of carbonyl (C=O) groups excluding carboxylic acids is 2. The van der Waals surface area contributed by atoms with E-state index in [4.69, 9.17) is 4.74 Å². The molecule has 1 aliphatic rings. The SMILES string of the molecule is COc1ccc(C2=CC(=O)N(C)C2=O)cc1. The largest absolute Gasteiger partial charge is 0.497 e. The summed E-state index contributed by atoms with van der Waals surface area (Å²) in [5.41, 5.74) is 1.15. The summed E-state index contributed by atoms with van der Waals surface area (Å²) in [5.74, 6) is 0.167. The third-order valence-electron chi connectivity index (χ3n) is 2.53. The second-order valence-corrected chi connectivity index (χ2v) is 3.49. The highest BCUT2D eigenvalue weighted by Crippen LogP contribution is 2.24. The third-order valence-corrected chi connectivity index (χ3v) is 2.53. The summed E-state index contributed by atoms with van der Waals surface area (Å²) in [6.45, 7) is 0. The number of ether oxygens (including phenoxy) is 1. The van der Waals surface area contributed by atoms with Crippen LogP contribution >= 0.6 is 0 Å². The monoisotopic (exact) mass is 217 g/mol. The zero-order chi connectivity index (χ0) is 11.7. The van der Waals surface area contributed by atoms with Crippen LogP contribution in [0.15, 0.2) is 30.3 Å². The fraction of sp³-hybridized carbons (Fsp3) is 0.167. The number of benzene rings is 1. The topological polar surface area (TPSA) is 46.6 Å². The maximum atomic E-state index is 11.7. The van der Waals surface area contributed by atoms with Crippen molar-refractivity contribution >= 4 is 17.4 Å². The van der Waals surface area contributed by atoms with Gasteiger partial charge in [-0.15, -0.1) is 0 Å². The number of carbonyl (C=O) groups is 2. The maximum Gasteiger partial charge on any atom is 0.261 e. The van der Waals surface area contributed by atoms with Crippen LogP contribution in [0, 0.1) is 0 Å². The average molecular weight is 217 g/mol. The van der Waals surface area contributed by atoms with Crippen LogP contribution in [0.3, 0.4) is 0 Å². The van der Waals surface area contributed by atoms with E-state index in [0.717, 1.165) is 16.2 Å². The molecule has 0 bridgehead atoms. The first-order chi connectivity index (χ1) is 7.63. The molecule has 0 fully saturated rings. The van der Waals surface area contributed by atoms with Crippen molar-refractivity contribution in [3.05, 3.63) is 35.9 Å². The van der Waals surface area contributed by atoms with E-state index in [-0.39, 0.29) is 11.8 Å². The van der Waals surface area contributed by atoms with Gasteiger partial charge >= 0.3 is 0 Å². The molecule has 1 aliphatic heterocycles. The predicted octanol–water partition coefficient (Wildman–Crippen LogP) is 1.08. The van der Waals surface area contributed by atoms with Gasteiger partial charge in [-0.05, 0) is 17.7 Å². The molecule has 0 saturated carbocycles. The molecule has 0 radical (unpaired) electrons. The Labute approximate surface area is 93.1 Å². The summed E-state index contributed by atoms with van der Waals surface area (Å²) in [4.78, 5) is 24.1. The molecule has 4 nitrogen and oxygen atoms in total. The van der Waals surface area contributed by atoms with E-state index in [2.05, 4.69) is 0 Å². The molecule has 0 spiro atoms. The minimum Gasteiger partial charge on any atom is -0.497 e. The summed E-state index contributed by atoms with van der Waals surface area (Å²) in [7, 11) is 3.05. The quantitative estimate of drug-likeness (QED) is 0.696. The predicted molar refractivity (Wildman–Crippen MR) is 58.7 cm³/mol. The molecule has 0 unspecified atom stereocenters. The Morgan fingerprint density at radius 3 is 2.19 bits per heavy atom. The van der Waals surface area contributed by atoms with Crippen molar-refractivity contribution in [2.75, 3.05) is 14.2 Å². The van der Waals surface area contributed by atoms with Crippen LogP contribution in [0.25, 0.3) is 5.57 Å². The number of amides is 2. The molecule has 1 heterocycles. The van der Waals surface area contributed by atoms with E-state index < -0.39 is 0 Å². The Morgan fingerprint density at radius 2 is 1.75 bits per heavy atom. The molecule has 0 atom stereocenters. The van der Waals surface area contributed by atoms with Gasteiger partial charge in [0.25, 0.3) is 11.8 Å². The van der Waals surface area contributed by atoms with E-state index in [0.29, 0.717) is 5.57 Å². The number of methoxy groups -OCH3 is 1. The van der Waals surface area contributed by atoms with Gasteiger partial charge < -0.3 is 4.74 Å². The van der Waals surface area contributed by atoms with Gasteiger partial charge in [-0.1, -0.05) is 12.1 Å². The summed E-state index contributed by atoms with van der Waals surface area (Å²) in [6, 6.07) is 7.03. The smallest absolute Gasteiger partial charge is 0.261 e. The Kier molecular flexibility index (Phi) is 2.48. The first-order valence-electron chi connectivity index (χ1n) is 4.81. The third kappa shape index (κ3) is 1.58. The van der Waals surface area contributed by atoms with Crippen LogP contribution in [0.2, 0.25) is 0 Å². The van der Waals surface area contributed by atoms with Gasteiger partial charge in [0.1, 0.15) is 5.75 Å². The lowest BCUT2D eigenvalue weighted by atomic mass is 10.1. The van der Waals surface area contributed by atoms with Gasteiger partial charge in [-0.25, -0.2) is 0 Å². The minimum atomic E-state index is -0.282. The standard InChI is InChI=1S/C12H11NO3/c1-13-11(14)7-10(12(13)15)8-3-5-9(16-2)6-4-8/h3-7H,1-2H3. The molecule has 0 aliphatic carbocycles. The van der Waals surface area contributed by atoms with E-state index in [1.54, 1.807) is 31.4 Å². The number of likely N-dealkylation sites (N-methyl/N-ethyl adjacent to an activating group) is 1. The van der Waals surface area contributed by atoms with Crippen molar-refractivity contribution in [2.45, 2.75) is 0 Å². The Hall–Kier alpha value is -2.10. The zero-order valence-corrected chi connectivity index (χ0v) is 9.06. The molecule has 16 heavy (non-hydrogen) atoms. The Bertz CT molecular complexity index is 474.